The monoisotopic (exact) mass is 1010 g/mol. The molecule has 0 amide bonds. The van der Waals surface area contributed by atoms with Crippen LogP contribution in [0.1, 0.15) is 117 Å². The van der Waals surface area contributed by atoms with E-state index in [0.717, 1.165) is 30.9 Å². The second-order valence-corrected chi connectivity index (χ2v) is 17.8. The van der Waals surface area contributed by atoms with Gasteiger partial charge < -0.3 is 18.8 Å². The molecule has 0 aliphatic carbocycles. The summed E-state index contributed by atoms with van der Waals surface area (Å²) < 4.78 is 173. The van der Waals surface area contributed by atoms with Crippen molar-refractivity contribution in [2.75, 3.05) is 0 Å². The molecule has 4 aromatic heterocycles. The number of nitrogens with zero attached hydrogens (tertiary/aromatic N) is 8. The first-order chi connectivity index (χ1) is 30.6. The summed E-state index contributed by atoms with van der Waals surface area (Å²) in [5.41, 5.74) is -2.71. The number of rotatable bonds is 8. The van der Waals surface area contributed by atoms with Gasteiger partial charge in [0.25, 0.3) is 0 Å². The van der Waals surface area contributed by atoms with Crippen LogP contribution >= 0.6 is 11.6 Å². The highest BCUT2D eigenvalue weighted by molar-refractivity contribution is 6.61. The number of carbonyl (C=O) groups is 2. The number of aromatic nitrogens is 8. The zero-order valence-corrected chi connectivity index (χ0v) is 38.6. The van der Waals surface area contributed by atoms with Gasteiger partial charge in [-0.25, -0.2) is 39.9 Å². The minimum absolute atomic E-state index is 0.000231. The van der Waals surface area contributed by atoms with Gasteiger partial charge in [-0.3, -0.25) is 9.59 Å². The zero-order chi connectivity index (χ0) is 52.1. The Kier molecular flexibility index (Phi) is 17.7. The smallest absolute Gasteiger partial charge is 0.460 e. The van der Waals surface area contributed by atoms with Crippen molar-refractivity contribution in [2.24, 2.45) is 0 Å². The molecule has 0 bridgehead atoms. The molecule has 0 atom stereocenters. The SMILES string of the molecule is CC(C)(C)OC(=O)CCc1cc(-c2cnc(C(F)(F)F)nc2)nc(C(F)(F)F)n1.CC(C)(C)OC(=O)CCc1cc(Cl)nc(C(F)(F)F)n1.CC1(C)OB(c2cnc(C(F)(F)F)nc2)OC1(C)C. The van der Waals surface area contributed by atoms with Crippen LogP contribution in [0, 0.1) is 0 Å². The molecule has 68 heavy (non-hydrogen) atoms. The second-order valence-electron chi connectivity index (χ2n) is 17.5. The molecular formula is C40H44BClF12N8O6. The van der Waals surface area contributed by atoms with Crippen LogP contribution in [-0.2, 0) is 65.9 Å². The predicted molar refractivity (Wildman–Crippen MR) is 216 cm³/mol. The molecular weight excluding hydrogens is 963 g/mol. The van der Waals surface area contributed by atoms with Crippen molar-refractivity contribution in [2.45, 2.75) is 142 Å². The first kappa shape index (κ1) is 57.0. The summed E-state index contributed by atoms with van der Waals surface area (Å²) in [5, 5.41) is -0.313. The number of carbonyl (C=O) groups excluding carboxylic acids is 2. The van der Waals surface area contributed by atoms with Gasteiger partial charge in [0.1, 0.15) is 16.4 Å². The van der Waals surface area contributed by atoms with Gasteiger partial charge in [-0.15, -0.1) is 0 Å². The highest BCUT2D eigenvalue weighted by Gasteiger charge is 2.52. The number of hydrogen-bond donors (Lipinski definition) is 0. The van der Waals surface area contributed by atoms with Crippen molar-refractivity contribution in [1.29, 1.82) is 0 Å². The van der Waals surface area contributed by atoms with Gasteiger partial charge in [0.15, 0.2) is 0 Å². The van der Waals surface area contributed by atoms with Gasteiger partial charge in [-0.2, -0.15) is 52.7 Å². The fourth-order valence-corrected chi connectivity index (χ4v) is 5.26. The number of alkyl halides is 12. The molecule has 5 heterocycles. The molecule has 1 aliphatic heterocycles. The second kappa shape index (κ2) is 21.1. The van der Waals surface area contributed by atoms with Crippen molar-refractivity contribution < 1.29 is 81.1 Å². The molecule has 374 valence electrons. The van der Waals surface area contributed by atoms with Crippen LogP contribution < -0.4 is 5.46 Å². The molecule has 0 unspecified atom stereocenters. The summed E-state index contributed by atoms with van der Waals surface area (Å²) in [6, 6.07) is 2.33. The lowest BCUT2D eigenvalue weighted by Crippen LogP contribution is -2.41. The van der Waals surface area contributed by atoms with Crippen molar-refractivity contribution in [1.82, 2.24) is 39.9 Å². The Labute approximate surface area is 386 Å². The standard InChI is InChI=1S/C17H16F6N4O2.C12H14ClF3N2O2.C11H14BF3N2O2/c1-15(2,3)29-12(28)5-4-10-6-11(27-14(26-10)17(21,22)23)9-7-24-13(25-8-9)16(18,19)20;1-11(2,3)20-9(19)5-4-7-6-8(13)18-10(17-7)12(14,15)16;1-9(2)10(3,4)19-12(18-9)7-5-16-8(17-6-7)11(13,14)15/h6-8H,4-5H2,1-3H3;6H,4-5H2,1-3H3;5-6H,1-4H3. The molecule has 0 aromatic carbocycles. The Bertz CT molecular complexity index is 2340. The van der Waals surface area contributed by atoms with Gasteiger partial charge in [0, 0.05) is 60.0 Å². The van der Waals surface area contributed by atoms with E-state index in [9.17, 15) is 62.3 Å². The molecule has 0 spiro atoms. The third-order valence-electron chi connectivity index (χ3n) is 8.70. The third-order valence-corrected chi connectivity index (χ3v) is 8.89. The summed E-state index contributed by atoms with van der Waals surface area (Å²) in [6.07, 6.45) is -15.8. The molecule has 1 fully saturated rings. The van der Waals surface area contributed by atoms with Gasteiger partial charge in [-0.1, -0.05) is 11.6 Å². The fraction of sp³-hybridized carbons (Fsp3) is 0.550. The van der Waals surface area contributed by atoms with E-state index in [1.54, 1.807) is 41.5 Å². The lowest BCUT2D eigenvalue weighted by molar-refractivity contribution is -0.155. The fourth-order valence-electron chi connectivity index (χ4n) is 5.06. The van der Waals surface area contributed by atoms with Crippen molar-refractivity contribution >= 4 is 36.1 Å². The maximum atomic E-state index is 13.1. The van der Waals surface area contributed by atoms with E-state index in [1.807, 2.05) is 27.7 Å². The number of ether oxygens (including phenoxy) is 2. The topological polar surface area (TPSA) is 174 Å². The van der Waals surface area contributed by atoms with E-state index in [4.69, 9.17) is 30.4 Å². The molecule has 4 aromatic rings. The van der Waals surface area contributed by atoms with Crippen LogP contribution in [0.3, 0.4) is 0 Å². The van der Waals surface area contributed by atoms with Crippen LogP contribution in [0.15, 0.2) is 36.9 Å². The highest BCUT2D eigenvalue weighted by atomic mass is 35.5. The normalized spacial score (nSPS) is 15.1. The number of esters is 2. The number of aryl methyl sites for hydroxylation is 2. The van der Waals surface area contributed by atoms with E-state index < -0.39 is 89.5 Å². The van der Waals surface area contributed by atoms with Crippen LogP contribution in [-0.4, -0.2) is 81.3 Å². The van der Waals surface area contributed by atoms with Gasteiger partial charge >= 0.3 is 43.8 Å². The Morgan fingerprint density at radius 3 is 1.28 bits per heavy atom. The van der Waals surface area contributed by atoms with E-state index in [-0.39, 0.29) is 53.5 Å². The minimum atomic E-state index is -4.90. The number of halogens is 13. The molecule has 0 N–H and O–H groups in total. The van der Waals surface area contributed by atoms with E-state index in [2.05, 4.69) is 39.9 Å². The first-order valence-corrected chi connectivity index (χ1v) is 20.2. The molecule has 5 rings (SSSR count). The van der Waals surface area contributed by atoms with E-state index >= 15 is 0 Å². The lowest BCUT2D eigenvalue weighted by Gasteiger charge is -2.32. The molecule has 0 radical (unpaired) electrons. The predicted octanol–water partition coefficient (Wildman–Crippen LogP) is 9.46. The maximum absolute atomic E-state index is 13.1. The van der Waals surface area contributed by atoms with Crippen molar-refractivity contribution in [3.8, 4) is 11.3 Å². The Morgan fingerprint density at radius 2 is 0.912 bits per heavy atom. The lowest BCUT2D eigenvalue weighted by atomic mass is 9.81. The van der Waals surface area contributed by atoms with Gasteiger partial charge in [0.2, 0.25) is 23.3 Å². The maximum Gasteiger partial charge on any atom is 0.498 e. The van der Waals surface area contributed by atoms with Gasteiger partial charge in [-0.05, 0) is 81.4 Å². The van der Waals surface area contributed by atoms with E-state index in [0.29, 0.717) is 5.46 Å². The largest absolute Gasteiger partial charge is 0.498 e. The molecule has 1 saturated heterocycles. The zero-order valence-electron chi connectivity index (χ0n) is 37.8. The molecule has 28 heteroatoms. The molecule has 1 aliphatic rings. The average Bonchev–Trinajstić information content (AvgIpc) is 3.39. The van der Waals surface area contributed by atoms with Crippen molar-refractivity contribution in [3.63, 3.8) is 0 Å². The summed E-state index contributed by atoms with van der Waals surface area (Å²) >= 11 is 5.51. The first-order valence-electron chi connectivity index (χ1n) is 19.8. The summed E-state index contributed by atoms with van der Waals surface area (Å²) in [7, 11) is -0.757. The minimum Gasteiger partial charge on any atom is -0.460 e. The van der Waals surface area contributed by atoms with Crippen molar-refractivity contribution in [3.05, 3.63) is 76.8 Å². The van der Waals surface area contributed by atoms with Crippen LogP contribution in [0.25, 0.3) is 11.3 Å². The van der Waals surface area contributed by atoms with Gasteiger partial charge in [0.05, 0.1) is 29.7 Å². The van der Waals surface area contributed by atoms with Crippen LogP contribution in [0.2, 0.25) is 5.15 Å². The Balaban J connectivity index is 0.000000279. The Hall–Kier alpha value is -5.31. The molecule has 14 nitrogen and oxygen atoms in total. The average molecular weight is 1010 g/mol. The van der Waals surface area contributed by atoms with Crippen LogP contribution in [0.4, 0.5) is 52.7 Å². The quantitative estimate of drug-likeness (QED) is 0.0707. The summed E-state index contributed by atoms with van der Waals surface area (Å²) in [6.45, 7) is 17.5. The van der Waals surface area contributed by atoms with Crippen LogP contribution in [0.5, 0.6) is 0 Å². The van der Waals surface area contributed by atoms with E-state index in [1.165, 1.54) is 6.07 Å². The third kappa shape index (κ3) is 18.0. The molecule has 0 saturated carbocycles. The summed E-state index contributed by atoms with van der Waals surface area (Å²) in [4.78, 5) is 49.3. The highest BCUT2D eigenvalue weighted by Crippen LogP contribution is 2.37. The summed E-state index contributed by atoms with van der Waals surface area (Å²) in [5.74, 6) is -6.56. The number of hydrogen-bond acceptors (Lipinski definition) is 14. The Morgan fingerprint density at radius 1 is 0.559 bits per heavy atom.